The molecule has 0 radical (unpaired) electrons. The fourth-order valence-electron chi connectivity index (χ4n) is 2.39. The molecule has 1 rings (SSSR count). The van der Waals surface area contributed by atoms with Crippen LogP contribution in [0.2, 0.25) is 5.02 Å². The summed E-state index contributed by atoms with van der Waals surface area (Å²) in [5.74, 6) is -0.0765. The van der Waals surface area contributed by atoms with Crippen LogP contribution in [0.5, 0.6) is 0 Å². The number of ketones is 1. The normalized spacial score (nSPS) is 12.9. The molecule has 28 heavy (non-hydrogen) atoms. The van der Waals surface area contributed by atoms with Gasteiger partial charge in [0.25, 0.3) is 0 Å². The van der Waals surface area contributed by atoms with Crippen LogP contribution in [0.1, 0.15) is 45.7 Å². The van der Waals surface area contributed by atoms with Crippen LogP contribution in [0.4, 0.5) is 0 Å². The van der Waals surface area contributed by atoms with Gasteiger partial charge in [-0.05, 0) is 69.0 Å². The molecular formula is C25H28ClNO. The molecular weight excluding hydrogens is 366 g/mol. The second kappa shape index (κ2) is 11.2. The molecule has 3 heteroatoms. The van der Waals surface area contributed by atoms with Crippen LogP contribution in [0.25, 0.3) is 11.1 Å². The van der Waals surface area contributed by atoms with Crippen molar-refractivity contribution in [3.05, 3.63) is 95.2 Å². The molecule has 0 N–H and O–H groups in total. The first-order chi connectivity index (χ1) is 13.2. The number of Topliss-reactive ketones (excluding diaryl/α,β-unsaturated/α-hetero) is 1. The number of rotatable bonds is 8. The van der Waals surface area contributed by atoms with Gasteiger partial charge in [0.1, 0.15) is 0 Å². The van der Waals surface area contributed by atoms with Crippen LogP contribution in [0.15, 0.2) is 84.1 Å². The molecule has 0 bridgehead atoms. The summed E-state index contributed by atoms with van der Waals surface area (Å²) in [6.07, 6.45) is 11.1. The highest BCUT2D eigenvalue weighted by molar-refractivity contribution is 6.35. The Morgan fingerprint density at radius 3 is 2.32 bits per heavy atom. The molecule has 0 aromatic heterocycles. The average molecular weight is 394 g/mol. The van der Waals surface area contributed by atoms with Crippen LogP contribution < -0.4 is 0 Å². The summed E-state index contributed by atoms with van der Waals surface area (Å²) in [5.41, 5.74) is 5.61. The summed E-state index contributed by atoms with van der Waals surface area (Å²) in [7, 11) is 0. The monoisotopic (exact) mass is 393 g/mol. The Kier molecular flexibility index (Phi) is 9.34. The largest absolute Gasteiger partial charge is 0.294 e. The van der Waals surface area contributed by atoms with E-state index in [0.29, 0.717) is 16.2 Å². The lowest BCUT2D eigenvalue weighted by Gasteiger charge is -2.11. The summed E-state index contributed by atoms with van der Waals surface area (Å²) in [6, 6.07) is 5.65. The van der Waals surface area contributed by atoms with Gasteiger partial charge < -0.3 is 0 Å². The molecule has 2 nitrogen and oxygen atoms in total. The first-order valence-electron chi connectivity index (χ1n) is 9.06. The zero-order valence-electron chi connectivity index (χ0n) is 17.3. The molecule has 0 heterocycles. The summed E-state index contributed by atoms with van der Waals surface area (Å²) in [4.78, 5) is 16.7. The number of nitrogens with zero attached hydrogens (tertiary/aromatic N) is 1. The van der Waals surface area contributed by atoms with E-state index in [4.69, 9.17) is 11.6 Å². The maximum atomic E-state index is 12.4. The van der Waals surface area contributed by atoms with Crippen LogP contribution in [0.3, 0.4) is 0 Å². The molecule has 0 atom stereocenters. The average Bonchev–Trinajstić information content (AvgIpc) is 2.62. The number of carbonyl (C=O) groups is 1. The van der Waals surface area contributed by atoms with E-state index >= 15 is 0 Å². The Morgan fingerprint density at radius 2 is 1.86 bits per heavy atom. The van der Waals surface area contributed by atoms with E-state index < -0.39 is 0 Å². The Bertz CT molecular complexity index is 920. The number of benzene rings is 1. The Balaban J connectivity index is 3.53. The molecule has 0 saturated carbocycles. The fourth-order valence-corrected chi connectivity index (χ4v) is 2.67. The van der Waals surface area contributed by atoms with Gasteiger partial charge in [0.15, 0.2) is 5.78 Å². The molecule has 0 unspecified atom stereocenters. The van der Waals surface area contributed by atoms with E-state index in [9.17, 15) is 4.79 Å². The lowest BCUT2D eigenvalue weighted by molar-refractivity contribution is -0.111. The molecule has 146 valence electrons. The minimum Gasteiger partial charge on any atom is -0.294 e. The zero-order chi connectivity index (χ0) is 21.3. The lowest BCUT2D eigenvalue weighted by Crippen LogP contribution is -1.99. The number of hydrogen-bond donors (Lipinski definition) is 0. The predicted molar refractivity (Wildman–Crippen MR) is 125 cm³/mol. The fraction of sp³-hybridized carbons (Fsp3) is 0.200. The molecule has 0 saturated heterocycles. The molecule has 1 aromatic carbocycles. The van der Waals surface area contributed by atoms with Crippen molar-refractivity contribution in [2.45, 2.75) is 34.6 Å². The number of aliphatic imine (C=N–C) groups is 1. The van der Waals surface area contributed by atoms with E-state index in [-0.39, 0.29) is 5.78 Å². The van der Waals surface area contributed by atoms with Crippen LogP contribution in [-0.4, -0.2) is 11.5 Å². The van der Waals surface area contributed by atoms with E-state index in [1.807, 2.05) is 64.1 Å². The quantitative estimate of drug-likeness (QED) is 0.257. The number of hydrogen-bond acceptors (Lipinski definition) is 2. The van der Waals surface area contributed by atoms with Gasteiger partial charge >= 0.3 is 0 Å². The van der Waals surface area contributed by atoms with Crippen LogP contribution in [-0.2, 0) is 4.79 Å². The van der Waals surface area contributed by atoms with Crippen molar-refractivity contribution in [2.75, 3.05) is 0 Å². The summed E-state index contributed by atoms with van der Waals surface area (Å²) < 4.78 is 0. The molecule has 0 spiro atoms. The minimum atomic E-state index is -0.0765. The zero-order valence-corrected chi connectivity index (χ0v) is 18.1. The molecule has 0 aliphatic carbocycles. The van der Waals surface area contributed by atoms with Crippen molar-refractivity contribution >= 4 is 34.2 Å². The van der Waals surface area contributed by atoms with Gasteiger partial charge in [-0.25, -0.2) is 0 Å². The third-order valence-corrected chi connectivity index (χ3v) is 4.23. The van der Waals surface area contributed by atoms with E-state index in [1.165, 1.54) is 6.92 Å². The molecule has 0 fully saturated rings. The molecule has 1 aromatic rings. The highest BCUT2D eigenvalue weighted by Crippen LogP contribution is 2.30. The second-order valence-electron chi connectivity index (χ2n) is 6.60. The van der Waals surface area contributed by atoms with Crippen molar-refractivity contribution in [2.24, 2.45) is 4.99 Å². The molecule has 0 aliphatic rings. The molecule has 0 amide bonds. The second-order valence-corrected chi connectivity index (χ2v) is 7.01. The van der Waals surface area contributed by atoms with Gasteiger partial charge in [0, 0.05) is 28.1 Å². The Labute approximate surface area is 174 Å². The Morgan fingerprint density at radius 1 is 1.18 bits per heavy atom. The summed E-state index contributed by atoms with van der Waals surface area (Å²) in [5, 5.41) is 0.503. The van der Waals surface area contributed by atoms with Crippen molar-refractivity contribution in [3.8, 4) is 0 Å². The van der Waals surface area contributed by atoms with Gasteiger partial charge in [-0.3, -0.25) is 9.79 Å². The van der Waals surface area contributed by atoms with Crippen molar-refractivity contribution < 1.29 is 4.79 Å². The smallest absolute Gasteiger partial charge is 0.160 e. The lowest BCUT2D eigenvalue weighted by atomic mass is 9.95. The first-order valence-corrected chi connectivity index (χ1v) is 9.44. The van der Waals surface area contributed by atoms with E-state index in [0.717, 1.165) is 28.0 Å². The van der Waals surface area contributed by atoms with Gasteiger partial charge in [-0.2, -0.15) is 0 Å². The topological polar surface area (TPSA) is 29.4 Å². The van der Waals surface area contributed by atoms with E-state index in [2.05, 4.69) is 18.2 Å². The highest BCUT2D eigenvalue weighted by atomic mass is 35.5. The summed E-state index contributed by atoms with van der Waals surface area (Å²) >= 11 is 6.55. The van der Waals surface area contributed by atoms with Gasteiger partial charge in [-0.15, -0.1) is 0 Å². The third-order valence-electron chi connectivity index (χ3n) is 3.91. The predicted octanol–water partition coefficient (Wildman–Crippen LogP) is 7.40. The van der Waals surface area contributed by atoms with Gasteiger partial charge in [-0.1, -0.05) is 61.2 Å². The van der Waals surface area contributed by atoms with Crippen molar-refractivity contribution in [1.82, 2.24) is 0 Å². The standard InChI is InChI=1S/C25H28ClNO/c1-8-10-11-20(9-2)21-12-13-23(25(26)15-21)24(19(7)28)14-22(17(3)4)16-27-18(5)6/h8-16H,2-3H2,1,4-7H3/b10-8-,20-11+,22-16-,24-14+. The third kappa shape index (κ3) is 6.79. The number of halogens is 1. The highest BCUT2D eigenvalue weighted by Gasteiger charge is 2.13. The SMILES string of the molecule is C=C/C(=C\C=C/C)c1ccc(/C(=C/C(=C/N=C(C)C)C(=C)C)C(C)=O)c(Cl)c1. The minimum absolute atomic E-state index is 0.0765. The van der Waals surface area contributed by atoms with Crippen molar-refractivity contribution in [1.29, 1.82) is 0 Å². The van der Waals surface area contributed by atoms with Crippen molar-refractivity contribution in [3.63, 3.8) is 0 Å². The number of carbonyl (C=O) groups excluding carboxylic acids is 1. The van der Waals surface area contributed by atoms with Gasteiger partial charge in [0.05, 0.1) is 0 Å². The van der Waals surface area contributed by atoms with Gasteiger partial charge in [0.2, 0.25) is 0 Å². The summed E-state index contributed by atoms with van der Waals surface area (Å²) in [6.45, 7) is 17.0. The first kappa shape index (κ1) is 23.3. The van der Waals surface area contributed by atoms with Crippen LogP contribution in [0, 0.1) is 0 Å². The molecule has 0 aliphatic heterocycles. The van der Waals surface area contributed by atoms with E-state index in [1.54, 1.807) is 18.4 Å². The maximum Gasteiger partial charge on any atom is 0.160 e. The Hall–Kier alpha value is -2.71. The maximum absolute atomic E-state index is 12.4. The van der Waals surface area contributed by atoms with Crippen LogP contribution >= 0.6 is 11.6 Å². The number of allylic oxidation sites excluding steroid dienone is 9.